The van der Waals surface area contributed by atoms with Crippen molar-refractivity contribution in [1.82, 2.24) is 4.90 Å². The van der Waals surface area contributed by atoms with Crippen LogP contribution in [-0.2, 0) is 6.42 Å². The third-order valence-electron chi connectivity index (χ3n) is 3.43. The Balaban J connectivity index is 1.77. The van der Waals surface area contributed by atoms with E-state index in [1.807, 2.05) is 0 Å². The highest BCUT2D eigenvalue weighted by Crippen LogP contribution is 2.16. The zero-order valence-corrected chi connectivity index (χ0v) is 11.2. The predicted octanol–water partition coefficient (Wildman–Crippen LogP) is 2.41. The first-order valence-electron chi connectivity index (χ1n) is 6.31. The van der Waals surface area contributed by atoms with Crippen molar-refractivity contribution in [3.63, 3.8) is 0 Å². The maximum Gasteiger partial charge on any atom is 0.0564 e. The number of hydrogen-bond donors (Lipinski definition) is 1. The van der Waals surface area contributed by atoms with Gasteiger partial charge in [0.1, 0.15) is 0 Å². The smallest absolute Gasteiger partial charge is 0.0564 e. The highest BCUT2D eigenvalue weighted by atomic mass is 32.2. The van der Waals surface area contributed by atoms with E-state index in [0.717, 1.165) is 38.9 Å². The third kappa shape index (κ3) is 4.02. The number of piperidine rings is 1. The van der Waals surface area contributed by atoms with Crippen LogP contribution in [0.15, 0.2) is 29.2 Å². The molecular formula is C14H21NOS. The van der Waals surface area contributed by atoms with E-state index >= 15 is 0 Å². The third-order valence-corrected chi connectivity index (χ3v) is 4.18. The van der Waals surface area contributed by atoms with Gasteiger partial charge in [-0.3, -0.25) is 0 Å². The molecule has 0 amide bonds. The number of nitrogens with zero attached hydrogens (tertiary/aromatic N) is 1. The molecule has 0 spiro atoms. The molecule has 1 saturated heterocycles. The highest BCUT2D eigenvalue weighted by Gasteiger charge is 2.16. The summed E-state index contributed by atoms with van der Waals surface area (Å²) in [4.78, 5) is 3.78. The number of aliphatic hydroxyl groups is 1. The van der Waals surface area contributed by atoms with Crippen LogP contribution in [-0.4, -0.2) is 42.0 Å². The van der Waals surface area contributed by atoms with Gasteiger partial charge >= 0.3 is 0 Å². The molecule has 1 aliphatic heterocycles. The Morgan fingerprint density at radius 1 is 1.24 bits per heavy atom. The minimum atomic E-state index is -0.0629. The summed E-state index contributed by atoms with van der Waals surface area (Å²) in [7, 11) is 0. The molecule has 0 radical (unpaired) electrons. The average Bonchev–Trinajstić information content (AvgIpc) is 2.39. The summed E-state index contributed by atoms with van der Waals surface area (Å²) in [6.45, 7) is 3.21. The van der Waals surface area contributed by atoms with Gasteiger partial charge in [0.25, 0.3) is 0 Å². The second kappa shape index (κ2) is 6.43. The normalized spacial score (nSPS) is 18.5. The van der Waals surface area contributed by atoms with Crippen molar-refractivity contribution in [2.24, 2.45) is 0 Å². The molecule has 0 unspecified atom stereocenters. The molecule has 0 aromatic heterocycles. The van der Waals surface area contributed by atoms with Crippen LogP contribution in [0.1, 0.15) is 18.4 Å². The number of thioether (sulfide) groups is 1. The summed E-state index contributed by atoms with van der Waals surface area (Å²) in [5, 5.41) is 9.44. The van der Waals surface area contributed by atoms with E-state index in [9.17, 15) is 5.11 Å². The number of hydrogen-bond acceptors (Lipinski definition) is 3. The fraction of sp³-hybridized carbons (Fsp3) is 0.571. The molecule has 1 N–H and O–H groups in total. The van der Waals surface area contributed by atoms with Crippen LogP contribution in [0.4, 0.5) is 0 Å². The Hall–Kier alpha value is -0.510. The topological polar surface area (TPSA) is 23.5 Å². The molecule has 1 fully saturated rings. The van der Waals surface area contributed by atoms with E-state index in [1.54, 1.807) is 11.8 Å². The average molecular weight is 251 g/mol. The summed E-state index contributed by atoms with van der Waals surface area (Å²) in [5.41, 5.74) is 1.41. The molecule has 2 nitrogen and oxygen atoms in total. The quantitative estimate of drug-likeness (QED) is 0.831. The first-order chi connectivity index (χ1) is 8.28. The predicted molar refractivity (Wildman–Crippen MR) is 73.6 cm³/mol. The first kappa shape index (κ1) is 12.9. The van der Waals surface area contributed by atoms with Crippen molar-refractivity contribution in [3.05, 3.63) is 29.8 Å². The maximum atomic E-state index is 9.44. The summed E-state index contributed by atoms with van der Waals surface area (Å²) < 4.78 is 0. The highest BCUT2D eigenvalue weighted by molar-refractivity contribution is 7.98. The van der Waals surface area contributed by atoms with Crippen LogP contribution in [0.3, 0.4) is 0 Å². The van der Waals surface area contributed by atoms with Gasteiger partial charge in [0.05, 0.1) is 6.10 Å². The van der Waals surface area contributed by atoms with Gasteiger partial charge in [-0.1, -0.05) is 12.1 Å². The largest absolute Gasteiger partial charge is 0.393 e. The van der Waals surface area contributed by atoms with Crippen LogP contribution < -0.4 is 0 Å². The molecule has 1 aromatic rings. The van der Waals surface area contributed by atoms with Gasteiger partial charge in [0, 0.05) is 24.5 Å². The number of rotatable bonds is 4. The molecule has 3 heteroatoms. The maximum absolute atomic E-state index is 9.44. The van der Waals surface area contributed by atoms with Crippen LogP contribution in [0.5, 0.6) is 0 Å². The van der Waals surface area contributed by atoms with Crippen molar-refractivity contribution < 1.29 is 5.11 Å². The Labute approximate surface area is 108 Å². The van der Waals surface area contributed by atoms with Gasteiger partial charge in [-0.05, 0) is 43.2 Å². The van der Waals surface area contributed by atoms with Gasteiger partial charge in [-0.25, -0.2) is 0 Å². The van der Waals surface area contributed by atoms with Crippen LogP contribution in [0, 0.1) is 0 Å². The fourth-order valence-electron chi connectivity index (χ4n) is 2.22. The number of aliphatic hydroxyl groups excluding tert-OH is 1. The SMILES string of the molecule is CSc1ccc(CCN2CCC(O)CC2)cc1. The minimum Gasteiger partial charge on any atom is -0.393 e. The lowest BCUT2D eigenvalue weighted by Gasteiger charge is -2.29. The molecule has 0 atom stereocenters. The Bertz CT molecular complexity index is 331. The van der Waals surface area contributed by atoms with Gasteiger partial charge in [-0.2, -0.15) is 0 Å². The van der Waals surface area contributed by atoms with Crippen LogP contribution in [0.2, 0.25) is 0 Å². The molecule has 17 heavy (non-hydrogen) atoms. The van der Waals surface area contributed by atoms with Crippen molar-refractivity contribution in [2.75, 3.05) is 25.9 Å². The molecule has 0 aliphatic carbocycles. The summed E-state index contributed by atoms with van der Waals surface area (Å²) in [6, 6.07) is 8.84. The molecule has 0 bridgehead atoms. The van der Waals surface area contributed by atoms with Crippen LogP contribution >= 0.6 is 11.8 Å². The van der Waals surface area contributed by atoms with E-state index in [-0.39, 0.29) is 6.10 Å². The fourth-order valence-corrected chi connectivity index (χ4v) is 2.63. The lowest BCUT2D eigenvalue weighted by Crippen LogP contribution is -2.37. The van der Waals surface area contributed by atoms with E-state index in [1.165, 1.54) is 10.5 Å². The van der Waals surface area contributed by atoms with Crippen molar-refractivity contribution in [1.29, 1.82) is 0 Å². The molecule has 94 valence electrons. The summed E-state index contributed by atoms with van der Waals surface area (Å²) in [5.74, 6) is 0. The lowest BCUT2D eigenvalue weighted by atomic mass is 10.1. The Morgan fingerprint density at radius 3 is 2.47 bits per heavy atom. The molecule has 1 aromatic carbocycles. The van der Waals surface area contributed by atoms with Crippen molar-refractivity contribution in [2.45, 2.75) is 30.3 Å². The summed E-state index contributed by atoms with van der Waals surface area (Å²) >= 11 is 1.79. The molecule has 2 rings (SSSR count). The van der Waals surface area contributed by atoms with E-state index in [4.69, 9.17) is 0 Å². The van der Waals surface area contributed by atoms with Gasteiger partial charge in [0.15, 0.2) is 0 Å². The van der Waals surface area contributed by atoms with E-state index in [2.05, 4.69) is 35.4 Å². The monoisotopic (exact) mass is 251 g/mol. The van der Waals surface area contributed by atoms with Crippen LogP contribution in [0.25, 0.3) is 0 Å². The van der Waals surface area contributed by atoms with Gasteiger partial charge in [0.2, 0.25) is 0 Å². The molecule has 1 aliphatic rings. The number of benzene rings is 1. The van der Waals surface area contributed by atoms with Crippen molar-refractivity contribution in [3.8, 4) is 0 Å². The Morgan fingerprint density at radius 2 is 1.88 bits per heavy atom. The molecule has 1 heterocycles. The Kier molecular flexibility index (Phi) is 4.89. The van der Waals surface area contributed by atoms with Crippen molar-refractivity contribution >= 4 is 11.8 Å². The zero-order chi connectivity index (χ0) is 12.1. The minimum absolute atomic E-state index is 0.0629. The first-order valence-corrected chi connectivity index (χ1v) is 7.54. The molecule has 0 saturated carbocycles. The van der Waals surface area contributed by atoms with Gasteiger partial charge < -0.3 is 10.0 Å². The second-order valence-electron chi connectivity index (χ2n) is 4.67. The van der Waals surface area contributed by atoms with E-state index < -0.39 is 0 Å². The lowest BCUT2D eigenvalue weighted by molar-refractivity contribution is 0.0832. The molecular weight excluding hydrogens is 230 g/mol. The van der Waals surface area contributed by atoms with Gasteiger partial charge in [-0.15, -0.1) is 11.8 Å². The zero-order valence-electron chi connectivity index (χ0n) is 10.4. The standard InChI is InChI=1S/C14H21NOS/c1-17-14-4-2-12(3-5-14)6-9-15-10-7-13(16)8-11-15/h2-5,13,16H,6-11H2,1H3. The van der Waals surface area contributed by atoms with E-state index in [0.29, 0.717) is 0 Å². The number of likely N-dealkylation sites (tertiary alicyclic amines) is 1. The summed E-state index contributed by atoms with van der Waals surface area (Å²) in [6.07, 6.45) is 5.03. The second-order valence-corrected chi connectivity index (χ2v) is 5.55.